The van der Waals surface area contributed by atoms with Crippen molar-refractivity contribution in [1.29, 1.82) is 5.26 Å². The lowest BCUT2D eigenvalue weighted by Crippen LogP contribution is -1.90. The maximum Gasteiger partial charge on any atom is 0.292 e. The summed E-state index contributed by atoms with van der Waals surface area (Å²) in [5.74, 6) is 0.662. The highest BCUT2D eigenvalue weighted by molar-refractivity contribution is 5.42. The minimum absolute atomic E-state index is 0.662. The zero-order valence-electron chi connectivity index (χ0n) is 7.51. The molecule has 0 saturated heterocycles. The van der Waals surface area contributed by atoms with Gasteiger partial charge in [-0.05, 0) is 43.5 Å². The van der Waals surface area contributed by atoms with Gasteiger partial charge in [-0.1, -0.05) is 6.07 Å². The van der Waals surface area contributed by atoms with Crippen molar-refractivity contribution in [2.75, 3.05) is 0 Å². The molecule has 0 atom stereocenters. The molecule has 0 fully saturated rings. The van der Waals surface area contributed by atoms with Crippen LogP contribution in [-0.2, 0) is 0 Å². The summed E-state index contributed by atoms with van der Waals surface area (Å²) in [4.78, 5) is 0. The zero-order chi connectivity index (χ0) is 9.14. The van der Waals surface area contributed by atoms with Gasteiger partial charge < -0.3 is 4.74 Å². The molecule has 0 radical (unpaired) electrons. The fraction of sp³-hybridized carbons (Fsp3) is 0.300. The van der Waals surface area contributed by atoms with Crippen molar-refractivity contribution in [3.63, 3.8) is 0 Å². The van der Waals surface area contributed by atoms with Gasteiger partial charge in [-0.3, -0.25) is 0 Å². The van der Waals surface area contributed by atoms with Gasteiger partial charge in [0.05, 0.1) is 0 Å². The average Bonchev–Trinajstić information content (AvgIpc) is 2.00. The predicted molar refractivity (Wildman–Crippen MR) is 46.9 cm³/mol. The molecule has 0 aliphatic heterocycles. The van der Waals surface area contributed by atoms with Crippen LogP contribution in [0.25, 0.3) is 0 Å². The third-order valence-electron chi connectivity index (χ3n) is 1.92. The highest BCUT2D eigenvalue weighted by Crippen LogP contribution is 2.22. The summed E-state index contributed by atoms with van der Waals surface area (Å²) in [7, 11) is 0. The molecule has 0 heterocycles. The number of aryl methyl sites for hydroxylation is 2. The van der Waals surface area contributed by atoms with Gasteiger partial charge in [0, 0.05) is 0 Å². The zero-order valence-corrected chi connectivity index (χ0v) is 7.51. The summed E-state index contributed by atoms with van der Waals surface area (Å²) < 4.78 is 4.80. The van der Waals surface area contributed by atoms with Crippen LogP contribution in [0.5, 0.6) is 5.75 Å². The summed E-state index contributed by atoms with van der Waals surface area (Å²) in [6.07, 6.45) is 1.68. The van der Waals surface area contributed by atoms with Gasteiger partial charge in [0.1, 0.15) is 5.75 Å². The molecule has 0 N–H and O–H groups in total. The first-order valence-corrected chi connectivity index (χ1v) is 3.79. The minimum Gasteiger partial charge on any atom is -0.388 e. The molecular weight excluding hydrogens is 150 g/mol. The third kappa shape index (κ3) is 1.57. The molecule has 0 saturated carbocycles. The van der Waals surface area contributed by atoms with Crippen LogP contribution in [0.3, 0.4) is 0 Å². The van der Waals surface area contributed by atoms with E-state index in [1.807, 2.05) is 26.8 Å². The van der Waals surface area contributed by atoms with Gasteiger partial charge in [0.25, 0.3) is 6.26 Å². The Hall–Kier alpha value is -1.49. The summed E-state index contributed by atoms with van der Waals surface area (Å²) in [6.45, 7) is 5.94. The van der Waals surface area contributed by atoms with Crippen molar-refractivity contribution in [2.24, 2.45) is 0 Å². The second kappa shape index (κ2) is 3.27. The Balaban J connectivity index is 3.20. The van der Waals surface area contributed by atoms with Crippen LogP contribution in [0, 0.1) is 32.3 Å². The van der Waals surface area contributed by atoms with E-state index in [-0.39, 0.29) is 0 Å². The highest BCUT2D eigenvalue weighted by atomic mass is 16.5. The number of hydrogen-bond acceptors (Lipinski definition) is 2. The quantitative estimate of drug-likeness (QED) is 0.593. The van der Waals surface area contributed by atoms with Crippen LogP contribution >= 0.6 is 0 Å². The van der Waals surface area contributed by atoms with E-state index in [2.05, 4.69) is 6.07 Å². The molecule has 2 nitrogen and oxygen atoms in total. The smallest absolute Gasteiger partial charge is 0.292 e. The van der Waals surface area contributed by atoms with Crippen molar-refractivity contribution < 1.29 is 4.74 Å². The van der Waals surface area contributed by atoms with Gasteiger partial charge in [0.2, 0.25) is 0 Å². The van der Waals surface area contributed by atoms with Crippen LogP contribution in [0.1, 0.15) is 16.7 Å². The Bertz CT molecular complexity index is 336. The average molecular weight is 161 g/mol. The van der Waals surface area contributed by atoms with E-state index in [9.17, 15) is 0 Å². The van der Waals surface area contributed by atoms with Crippen LogP contribution in [0.15, 0.2) is 12.1 Å². The number of rotatable bonds is 1. The maximum atomic E-state index is 8.35. The summed E-state index contributed by atoms with van der Waals surface area (Å²) in [5.41, 5.74) is 3.30. The molecule has 1 rings (SSSR count). The largest absolute Gasteiger partial charge is 0.388 e. The van der Waals surface area contributed by atoms with E-state index < -0.39 is 0 Å². The van der Waals surface area contributed by atoms with Crippen molar-refractivity contribution in [2.45, 2.75) is 20.8 Å². The van der Waals surface area contributed by atoms with E-state index in [0.29, 0.717) is 5.75 Å². The summed E-state index contributed by atoms with van der Waals surface area (Å²) in [5, 5.41) is 8.35. The molecule has 0 unspecified atom stereocenters. The summed E-state index contributed by atoms with van der Waals surface area (Å²) >= 11 is 0. The first kappa shape index (κ1) is 8.61. The van der Waals surface area contributed by atoms with E-state index in [1.165, 1.54) is 0 Å². The lowest BCUT2D eigenvalue weighted by Gasteiger charge is -2.05. The van der Waals surface area contributed by atoms with E-state index in [4.69, 9.17) is 10.00 Å². The third-order valence-corrected chi connectivity index (χ3v) is 1.92. The number of nitrogens with zero attached hydrogens (tertiary/aromatic N) is 1. The topological polar surface area (TPSA) is 33.0 Å². The Morgan fingerprint density at radius 3 is 2.50 bits per heavy atom. The Morgan fingerprint density at radius 1 is 1.25 bits per heavy atom. The molecule has 0 bridgehead atoms. The molecule has 62 valence electrons. The van der Waals surface area contributed by atoms with E-state index in [0.717, 1.165) is 16.7 Å². The van der Waals surface area contributed by atoms with Gasteiger partial charge in [-0.15, -0.1) is 5.26 Å². The SMILES string of the molecule is Cc1cc(C)c(C)c(OC#N)c1. The van der Waals surface area contributed by atoms with Gasteiger partial charge in [-0.25, -0.2) is 0 Å². The highest BCUT2D eigenvalue weighted by Gasteiger charge is 2.02. The standard InChI is InChI=1S/C10H11NO/c1-7-4-8(2)9(3)10(5-7)12-6-11/h4-5H,1-3H3. The lowest BCUT2D eigenvalue weighted by molar-refractivity contribution is 0.502. The van der Waals surface area contributed by atoms with Crippen molar-refractivity contribution >= 4 is 0 Å². The molecule has 1 aromatic rings. The molecule has 0 amide bonds. The Kier molecular flexibility index (Phi) is 2.35. The number of nitriles is 1. The number of ether oxygens (including phenoxy) is 1. The number of benzene rings is 1. The maximum absolute atomic E-state index is 8.35. The van der Waals surface area contributed by atoms with Crippen molar-refractivity contribution in [3.8, 4) is 12.0 Å². The fourth-order valence-electron chi connectivity index (χ4n) is 1.16. The molecule has 0 spiro atoms. The van der Waals surface area contributed by atoms with Crippen molar-refractivity contribution in [1.82, 2.24) is 0 Å². The predicted octanol–water partition coefficient (Wildman–Crippen LogP) is 2.47. The molecule has 1 aromatic carbocycles. The van der Waals surface area contributed by atoms with E-state index >= 15 is 0 Å². The van der Waals surface area contributed by atoms with Gasteiger partial charge >= 0.3 is 0 Å². The second-order valence-corrected chi connectivity index (χ2v) is 2.90. The Labute approximate surface area is 72.4 Å². The van der Waals surface area contributed by atoms with Crippen LogP contribution in [0.2, 0.25) is 0 Å². The van der Waals surface area contributed by atoms with Gasteiger partial charge in [-0.2, -0.15) is 0 Å². The van der Waals surface area contributed by atoms with Crippen LogP contribution < -0.4 is 4.74 Å². The monoisotopic (exact) mass is 161 g/mol. The van der Waals surface area contributed by atoms with Crippen LogP contribution in [-0.4, -0.2) is 0 Å². The first-order chi connectivity index (χ1) is 5.65. The van der Waals surface area contributed by atoms with Crippen LogP contribution in [0.4, 0.5) is 0 Å². The normalized spacial score (nSPS) is 9.17. The van der Waals surface area contributed by atoms with Crippen molar-refractivity contribution in [3.05, 3.63) is 28.8 Å². The van der Waals surface area contributed by atoms with E-state index in [1.54, 1.807) is 6.26 Å². The Morgan fingerprint density at radius 2 is 1.92 bits per heavy atom. The molecule has 2 heteroatoms. The van der Waals surface area contributed by atoms with Gasteiger partial charge in [0.15, 0.2) is 0 Å². The second-order valence-electron chi connectivity index (χ2n) is 2.90. The number of hydrogen-bond donors (Lipinski definition) is 0. The molecule has 0 aromatic heterocycles. The summed E-state index contributed by atoms with van der Waals surface area (Å²) in [6, 6.07) is 3.94. The molecular formula is C10H11NO. The molecule has 12 heavy (non-hydrogen) atoms. The first-order valence-electron chi connectivity index (χ1n) is 3.79. The molecule has 0 aliphatic rings. The lowest BCUT2D eigenvalue weighted by atomic mass is 10.1. The fourth-order valence-corrected chi connectivity index (χ4v) is 1.16. The minimum atomic E-state index is 0.662. The molecule has 0 aliphatic carbocycles.